The van der Waals surface area contributed by atoms with E-state index in [1.54, 1.807) is 6.07 Å². The number of ether oxygens (including phenoxy) is 1. The van der Waals surface area contributed by atoms with Crippen molar-refractivity contribution in [2.75, 3.05) is 13.1 Å². The fraction of sp³-hybridized carbons (Fsp3) is 0.526. The maximum absolute atomic E-state index is 12.6. The van der Waals surface area contributed by atoms with Crippen LogP contribution in [0.5, 0.6) is 5.75 Å². The minimum absolute atomic E-state index is 0.00706. The highest BCUT2D eigenvalue weighted by atomic mass is 19.4. The third-order valence-corrected chi connectivity index (χ3v) is 4.48. The first-order chi connectivity index (χ1) is 13.4. The smallest absolute Gasteiger partial charge is 0.405 e. The number of rotatable bonds is 5. The summed E-state index contributed by atoms with van der Waals surface area (Å²) in [6.45, 7) is 3.05. The van der Waals surface area contributed by atoms with Crippen LogP contribution in [0.15, 0.2) is 18.2 Å². The Morgan fingerprint density at radius 1 is 1.38 bits per heavy atom. The lowest BCUT2D eigenvalue weighted by Crippen LogP contribution is -2.51. The van der Waals surface area contributed by atoms with Gasteiger partial charge in [0.2, 0.25) is 5.91 Å². The van der Waals surface area contributed by atoms with Crippen LogP contribution >= 0.6 is 0 Å². The number of carbonyl (C=O) groups is 2. The SMILES string of the molecule is CC(C)(O)C(=O)N1CCCC(C(=O)NCc2ccc(C#N)cc2OC(F)(F)F)C1. The number of hydrogen-bond donors (Lipinski definition) is 2. The van der Waals surface area contributed by atoms with Crippen LogP contribution < -0.4 is 10.1 Å². The molecule has 1 saturated heterocycles. The summed E-state index contributed by atoms with van der Waals surface area (Å²) in [6.07, 6.45) is -3.85. The predicted molar refractivity (Wildman–Crippen MR) is 95.3 cm³/mol. The zero-order valence-corrected chi connectivity index (χ0v) is 16.0. The number of nitrogens with one attached hydrogen (secondary N) is 1. The molecule has 0 radical (unpaired) electrons. The third kappa shape index (κ3) is 6.35. The van der Waals surface area contributed by atoms with Crippen LogP contribution in [0.3, 0.4) is 0 Å². The molecule has 1 aromatic carbocycles. The molecule has 158 valence electrons. The van der Waals surface area contributed by atoms with Gasteiger partial charge in [-0.15, -0.1) is 13.2 Å². The van der Waals surface area contributed by atoms with Crippen LogP contribution in [0, 0.1) is 17.2 Å². The van der Waals surface area contributed by atoms with E-state index in [1.165, 1.54) is 30.9 Å². The molecular formula is C19H22F3N3O4. The van der Waals surface area contributed by atoms with Crippen molar-refractivity contribution >= 4 is 11.8 Å². The number of nitrogens with zero attached hydrogens (tertiary/aromatic N) is 2. The summed E-state index contributed by atoms with van der Waals surface area (Å²) in [7, 11) is 0. The molecule has 2 N–H and O–H groups in total. The van der Waals surface area contributed by atoms with Gasteiger partial charge in [-0.05, 0) is 38.8 Å². The van der Waals surface area contributed by atoms with Gasteiger partial charge >= 0.3 is 6.36 Å². The lowest BCUT2D eigenvalue weighted by Gasteiger charge is -2.35. The number of halogens is 3. The average molecular weight is 413 g/mol. The number of hydrogen-bond acceptors (Lipinski definition) is 5. The van der Waals surface area contributed by atoms with Gasteiger partial charge in [-0.2, -0.15) is 5.26 Å². The summed E-state index contributed by atoms with van der Waals surface area (Å²) in [6, 6.07) is 5.30. The topological polar surface area (TPSA) is 103 Å². The van der Waals surface area contributed by atoms with Crippen LogP contribution in [0.25, 0.3) is 0 Å². The summed E-state index contributed by atoms with van der Waals surface area (Å²) < 4.78 is 41.8. The summed E-state index contributed by atoms with van der Waals surface area (Å²) in [4.78, 5) is 26.1. The molecule has 0 aliphatic carbocycles. The maximum atomic E-state index is 12.6. The molecule has 29 heavy (non-hydrogen) atoms. The first-order valence-corrected chi connectivity index (χ1v) is 8.99. The van der Waals surface area contributed by atoms with Gasteiger partial charge in [0.15, 0.2) is 0 Å². The van der Waals surface area contributed by atoms with Gasteiger partial charge in [-0.1, -0.05) is 6.07 Å². The highest BCUT2D eigenvalue weighted by molar-refractivity contribution is 5.85. The number of amides is 2. The monoisotopic (exact) mass is 413 g/mol. The third-order valence-electron chi connectivity index (χ3n) is 4.48. The van der Waals surface area contributed by atoms with Gasteiger partial charge in [-0.3, -0.25) is 9.59 Å². The molecule has 7 nitrogen and oxygen atoms in total. The number of alkyl halides is 3. The minimum Gasteiger partial charge on any atom is -0.405 e. The van der Waals surface area contributed by atoms with Crippen molar-refractivity contribution < 1.29 is 32.6 Å². The van der Waals surface area contributed by atoms with E-state index in [9.17, 15) is 27.9 Å². The molecule has 1 aliphatic rings. The van der Waals surface area contributed by atoms with Crippen molar-refractivity contribution in [2.24, 2.45) is 5.92 Å². The summed E-state index contributed by atoms with van der Waals surface area (Å²) in [5, 5.41) is 21.3. The molecule has 0 saturated carbocycles. The van der Waals surface area contributed by atoms with Crippen molar-refractivity contribution in [1.82, 2.24) is 10.2 Å². The molecule has 0 spiro atoms. The van der Waals surface area contributed by atoms with E-state index < -0.39 is 35.4 Å². The van der Waals surface area contributed by atoms with E-state index >= 15 is 0 Å². The van der Waals surface area contributed by atoms with Crippen LogP contribution in [-0.4, -0.2) is 46.9 Å². The van der Waals surface area contributed by atoms with Crippen molar-refractivity contribution in [3.8, 4) is 11.8 Å². The Hall–Kier alpha value is -2.80. The van der Waals surface area contributed by atoms with Crippen LogP contribution in [0.2, 0.25) is 0 Å². The van der Waals surface area contributed by atoms with Gasteiger partial charge in [0.25, 0.3) is 5.91 Å². The van der Waals surface area contributed by atoms with Crippen molar-refractivity contribution in [3.05, 3.63) is 29.3 Å². The van der Waals surface area contributed by atoms with Crippen molar-refractivity contribution in [1.29, 1.82) is 5.26 Å². The lowest BCUT2D eigenvalue weighted by molar-refractivity contribution is -0.274. The number of aliphatic hydroxyl groups is 1. The van der Waals surface area contributed by atoms with Gasteiger partial charge in [0.05, 0.1) is 17.6 Å². The van der Waals surface area contributed by atoms with Gasteiger partial charge in [0.1, 0.15) is 11.4 Å². The standard InChI is InChI=1S/C19H22F3N3O4/c1-18(2,28)17(27)25-7-3-4-14(11-25)16(26)24-10-13-6-5-12(9-23)8-15(13)29-19(20,21)22/h5-6,8,14,28H,3-4,7,10-11H2,1-2H3,(H,24,26). The summed E-state index contributed by atoms with van der Waals surface area (Å²) >= 11 is 0. The Morgan fingerprint density at radius 2 is 2.07 bits per heavy atom. The second-order valence-corrected chi connectivity index (χ2v) is 7.35. The molecule has 0 aromatic heterocycles. The van der Waals surface area contributed by atoms with Crippen LogP contribution in [0.4, 0.5) is 13.2 Å². The Balaban J connectivity index is 2.05. The molecule has 2 rings (SSSR count). The second kappa shape index (κ2) is 8.69. The van der Waals surface area contributed by atoms with E-state index in [0.717, 1.165) is 6.07 Å². The van der Waals surface area contributed by atoms with Gasteiger partial charge < -0.3 is 20.1 Å². The summed E-state index contributed by atoms with van der Waals surface area (Å²) in [5.74, 6) is -2.00. The molecule has 1 heterocycles. The van der Waals surface area contributed by atoms with E-state index in [4.69, 9.17) is 5.26 Å². The van der Waals surface area contributed by atoms with Crippen molar-refractivity contribution in [2.45, 2.75) is 45.2 Å². The average Bonchev–Trinajstić information content (AvgIpc) is 2.64. The molecule has 2 amide bonds. The van der Waals surface area contributed by atoms with E-state index in [2.05, 4.69) is 10.1 Å². The molecule has 1 aliphatic heterocycles. The zero-order chi connectivity index (χ0) is 21.8. The molecule has 0 bridgehead atoms. The normalized spacial score (nSPS) is 17.4. The fourth-order valence-electron chi connectivity index (χ4n) is 3.08. The largest absolute Gasteiger partial charge is 0.573 e. The highest BCUT2D eigenvalue weighted by Crippen LogP contribution is 2.28. The molecule has 1 fully saturated rings. The number of carbonyl (C=O) groups excluding carboxylic acids is 2. The number of likely N-dealkylation sites (tertiary alicyclic amines) is 1. The van der Waals surface area contributed by atoms with Gasteiger partial charge in [-0.25, -0.2) is 0 Å². The predicted octanol–water partition coefficient (Wildman–Crippen LogP) is 2.08. The Morgan fingerprint density at radius 3 is 2.66 bits per heavy atom. The van der Waals surface area contributed by atoms with E-state index in [1.807, 2.05) is 0 Å². The molecule has 1 atom stereocenters. The first-order valence-electron chi connectivity index (χ1n) is 8.99. The van der Waals surface area contributed by atoms with E-state index in [0.29, 0.717) is 19.4 Å². The molecular weight excluding hydrogens is 391 g/mol. The van der Waals surface area contributed by atoms with Crippen LogP contribution in [-0.2, 0) is 16.1 Å². The quantitative estimate of drug-likeness (QED) is 0.770. The second-order valence-electron chi connectivity index (χ2n) is 7.35. The Labute approximate surface area is 166 Å². The Bertz CT molecular complexity index is 812. The molecule has 10 heteroatoms. The molecule has 1 unspecified atom stereocenters. The summed E-state index contributed by atoms with van der Waals surface area (Å²) in [5.41, 5.74) is -1.49. The molecule has 1 aromatic rings. The maximum Gasteiger partial charge on any atom is 0.573 e. The highest BCUT2D eigenvalue weighted by Gasteiger charge is 2.35. The zero-order valence-electron chi connectivity index (χ0n) is 16.0. The number of nitriles is 1. The minimum atomic E-state index is -4.94. The van der Waals surface area contributed by atoms with Crippen LogP contribution in [0.1, 0.15) is 37.8 Å². The Kier molecular flexibility index (Phi) is 6.74. The van der Waals surface area contributed by atoms with Crippen molar-refractivity contribution in [3.63, 3.8) is 0 Å². The lowest BCUT2D eigenvalue weighted by atomic mass is 9.95. The first kappa shape index (κ1) is 22.5. The fourth-order valence-corrected chi connectivity index (χ4v) is 3.08. The van der Waals surface area contributed by atoms with E-state index in [-0.39, 0.29) is 24.2 Å². The van der Waals surface area contributed by atoms with Gasteiger partial charge in [0, 0.05) is 25.2 Å². The number of benzene rings is 1. The number of piperidine rings is 1.